The first kappa shape index (κ1) is 14.3. The van der Waals surface area contributed by atoms with E-state index in [9.17, 15) is 0 Å². The van der Waals surface area contributed by atoms with Crippen molar-refractivity contribution in [2.45, 2.75) is 12.5 Å². The van der Waals surface area contributed by atoms with Crippen molar-refractivity contribution in [1.82, 2.24) is 10.3 Å². The Morgan fingerprint density at radius 2 is 2.05 bits per heavy atom. The zero-order valence-corrected chi connectivity index (χ0v) is 12.9. The second kappa shape index (κ2) is 6.37. The molecule has 0 saturated heterocycles. The van der Waals surface area contributed by atoms with E-state index in [1.54, 1.807) is 6.20 Å². The summed E-state index contributed by atoms with van der Waals surface area (Å²) in [6.07, 6.45) is 2.39. The minimum absolute atomic E-state index is 0.0902. The SMILES string of the molecule is CNC(Cc1ccc(Br)cc1)c1cc(Cl)cnc1N. The van der Waals surface area contributed by atoms with Gasteiger partial charge in [-0.05, 0) is 37.2 Å². The van der Waals surface area contributed by atoms with Gasteiger partial charge in [0.2, 0.25) is 0 Å². The van der Waals surface area contributed by atoms with E-state index >= 15 is 0 Å². The molecule has 0 aliphatic rings. The van der Waals surface area contributed by atoms with Crippen LogP contribution in [0.15, 0.2) is 41.0 Å². The van der Waals surface area contributed by atoms with Crippen LogP contribution < -0.4 is 11.1 Å². The smallest absolute Gasteiger partial charge is 0.128 e. The van der Waals surface area contributed by atoms with Crippen LogP contribution >= 0.6 is 27.5 Å². The van der Waals surface area contributed by atoms with Gasteiger partial charge in [0.1, 0.15) is 5.82 Å². The molecule has 1 aromatic heterocycles. The average molecular weight is 341 g/mol. The van der Waals surface area contributed by atoms with Gasteiger partial charge in [-0.15, -0.1) is 0 Å². The molecule has 0 amide bonds. The quantitative estimate of drug-likeness (QED) is 0.894. The molecule has 0 aliphatic heterocycles. The Morgan fingerprint density at radius 1 is 1.37 bits per heavy atom. The van der Waals surface area contributed by atoms with Gasteiger partial charge in [0, 0.05) is 22.3 Å². The van der Waals surface area contributed by atoms with Crippen LogP contribution in [0, 0.1) is 0 Å². The maximum Gasteiger partial charge on any atom is 0.128 e. The fraction of sp³-hybridized carbons (Fsp3) is 0.214. The molecule has 1 atom stereocenters. The van der Waals surface area contributed by atoms with E-state index < -0.39 is 0 Å². The molecule has 2 aromatic rings. The highest BCUT2D eigenvalue weighted by atomic mass is 79.9. The predicted octanol–water partition coefficient (Wildman–Crippen LogP) is 3.58. The van der Waals surface area contributed by atoms with Crippen LogP contribution in [0.3, 0.4) is 0 Å². The largest absolute Gasteiger partial charge is 0.383 e. The highest BCUT2D eigenvalue weighted by Gasteiger charge is 2.14. The van der Waals surface area contributed by atoms with Crippen LogP contribution in [0.25, 0.3) is 0 Å². The van der Waals surface area contributed by atoms with Gasteiger partial charge < -0.3 is 11.1 Å². The van der Waals surface area contributed by atoms with Gasteiger partial charge in [-0.25, -0.2) is 4.98 Å². The number of nitrogens with two attached hydrogens (primary N) is 1. The van der Waals surface area contributed by atoms with Gasteiger partial charge in [-0.3, -0.25) is 0 Å². The topological polar surface area (TPSA) is 50.9 Å². The number of rotatable bonds is 4. The number of likely N-dealkylation sites (N-methyl/N-ethyl adjacent to an activating group) is 1. The molecule has 0 aliphatic carbocycles. The Labute approximate surface area is 126 Å². The molecule has 3 nitrogen and oxygen atoms in total. The van der Waals surface area contributed by atoms with Crippen LogP contribution in [-0.2, 0) is 6.42 Å². The van der Waals surface area contributed by atoms with Crippen LogP contribution in [0.4, 0.5) is 5.82 Å². The molecule has 3 N–H and O–H groups in total. The van der Waals surface area contributed by atoms with Crippen molar-refractivity contribution in [2.75, 3.05) is 12.8 Å². The highest BCUT2D eigenvalue weighted by molar-refractivity contribution is 9.10. The average Bonchev–Trinajstić information content (AvgIpc) is 2.41. The lowest BCUT2D eigenvalue weighted by atomic mass is 9.99. The molecule has 0 saturated carbocycles. The number of halogens is 2. The highest BCUT2D eigenvalue weighted by Crippen LogP contribution is 2.25. The number of nitrogen functional groups attached to an aromatic ring is 1. The van der Waals surface area contributed by atoms with Crippen LogP contribution in [0.2, 0.25) is 5.02 Å². The summed E-state index contributed by atoms with van der Waals surface area (Å²) in [5, 5.41) is 3.86. The molecular formula is C14H15BrClN3. The minimum atomic E-state index is 0.0902. The third-order valence-electron chi connectivity index (χ3n) is 2.99. The van der Waals surface area contributed by atoms with E-state index in [-0.39, 0.29) is 6.04 Å². The normalized spacial score (nSPS) is 12.4. The molecule has 100 valence electrons. The third kappa shape index (κ3) is 3.69. The summed E-state index contributed by atoms with van der Waals surface area (Å²) in [7, 11) is 1.91. The van der Waals surface area contributed by atoms with Gasteiger partial charge in [-0.2, -0.15) is 0 Å². The maximum atomic E-state index is 5.99. The van der Waals surface area contributed by atoms with Gasteiger partial charge in [-0.1, -0.05) is 39.7 Å². The monoisotopic (exact) mass is 339 g/mol. The number of aromatic nitrogens is 1. The van der Waals surface area contributed by atoms with Crippen molar-refractivity contribution in [3.63, 3.8) is 0 Å². The Balaban J connectivity index is 2.24. The van der Waals surface area contributed by atoms with Crippen molar-refractivity contribution >= 4 is 33.3 Å². The first-order valence-electron chi connectivity index (χ1n) is 5.92. The summed E-state index contributed by atoms with van der Waals surface area (Å²) in [5.41, 5.74) is 8.08. The zero-order valence-electron chi connectivity index (χ0n) is 10.5. The van der Waals surface area contributed by atoms with Crippen molar-refractivity contribution in [3.05, 3.63) is 57.2 Å². The van der Waals surface area contributed by atoms with Gasteiger partial charge >= 0.3 is 0 Å². The second-order valence-corrected chi connectivity index (χ2v) is 5.65. The maximum absolute atomic E-state index is 5.99. The molecule has 2 rings (SSSR count). The molecule has 0 spiro atoms. The number of benzene rings is 1. The molecule has 19 heavy (non-hydrogen) atoms. The lowest BCUT2D eigenvalue weighted by molar-refractivity contribution is 0.592. The standard InChI is InChI=1S/C14H15BrClN3/c1-18-13(6-9-2-4-10(15)5-3-9)12-7-11(16)8-19-14(12)17/h2-5,7-8,13,18H,6H2,1H3,(H2,17,19). The molecule has 0 radical (unpaired) electrons. The Hall–Kier alpha value is -1.10. The van der Waals surface area contributed by atoms with E-state index in [2.05, 4.69) is 38.4 Å². The first-order valence-corrected chi connectivity index (χ1v) is 7.10. The molecular weight excluding hydrogens is 326 g/mol. The summed E-state index contributed by atoms with van der Waals surface area (Å²) >= 11 is 9.42. The number of hydrogen-bond acceptors (Lipinski definition) is 3. The number of hydrogen-bond donors (Lipinski definition) is 2. The van der Waals surface area contributed by atoms with Crippen molar-refractivity contribution in [3.8, 4) is 0 Å². The Bertz CT molecular complexity index is 557. The molecule has 5 heteroatoms. The lowest BCUT2D eigenvalue weighted by Crippen LogP contribution is -2.20. The van der Waals surface area contributed by atoms with E-state index in [4.69, 9.17) is 17.3 Å². The Kier molecular flexibility index (Phi) is 4.80. The molecule has 1 heterocycles. The lowest BCUT2D eigenvalue weighted by Gasteiger charge is -2.18. The van der Waals surface area contributed by atoms with Crippen molar-refractivity contribution in [1.29, 1.82) is 0 Å². The second-order valence-electron chi connectivity index (χ2n) is 4.30. The third-order valence-corrected chi connectivity index (χ3v) is 3.73. The summed E-state index contributed by atoms with van der Waals surface area (Å²) < 4.78 is 1.07. The molecule has 0 fully saturated rings. The summed E-state index contributed by atoms with van der Waals surface area (Å²) in [6, 6.07) is 10.2. The molecule has 0 bridgehead atoms. The van der Waals surface area contributed by atoms with Gasteiger partial charge in [0.15, 0.2) is 0 Å². The minimum Gasteiger partial charge on any atom is -0.383 e. The van der Waals surface area contributed by atoms with E-state index in [1.165, 1.54) is 5.56 Å². The summed E-state index contributed by atoms with van der Waals surface area (Å²) in [4.78, 5) is 4.10. The van der Waals surface area contributed by atoms with Crippen molar-refractivity contribution < 1.29 is 0 Å². The van der Waals surface area contributed by atoms with Crippen LogP contribution in [-0.4, -0.2) is 12.0 Å². The molecule has 1 unspecified atom stereocenters. The van der Waals surface area contributed by atoms with Crippen LogP contribution in [0.1, 0.15) is 17.2 Å². The first-order chi connectivity index (χ1) is 9.10. The number of anilines is 1. The molecule has 1 aromatic carbocycles. The van der Waals surface area contributed by atoms with Gasteiger partial charge in [0.05, 0.1) is 5.02 Å². The zero-order chi connectivity index (χ0) is 13.8. The number of nitrogens with zero attached hydrogens (tertiary/aromatic N) is 1. The van der Waals surface area contributed by atoms with Gasteiger partial charge in [0.25, 0.3) is 0 Å². The Morgan fingerprint density at radius 3 is 2.68 bits per heavy atom. The van der Waals surface area contributed by atoms with Crippen LogP contribution in [0.5, 0.6) is 0 Å². The van der Waals surface area contributed by atoms with E-state index in [1.807, 2.05) is 25.2 Å². The summed E-state index contributed by atoms with van der Waals surface area (Å²) in [5.74, 6) is 0.515. The van der Waals surface area contributed by atoms with E-state index in [0.29, 0.717) is 10.8 Å². The van der Waals surface area contributed by atoms with Crippen molar-refractivity contribution in [2.24, 2.45) is 0 Å². The number of nitrogens with one attached hydrogen (secondary N) is 1. The fourth-order valence-electron chi connectivity index (χ4n) is 1.97. The predicted molar refractivity (Wildman–Crippen MR) is 83.3 cm³/mol. The fourth-order valence-corrected chi connectivity index (χ4v) is 2.40. The summed E-state index contributed by atoms with van der Waals surface area (Å²) in [6.45, 7) is 0. The van der Waals surface area contributed by atoms with E-state index in [0.717, 1.165) is 16.5 Å². The number of pyridine rings is 1.